The molecule has 0 fully saturated rings. The van der Waals surface area contributed by atoms with Crippen molar-refractivity contribution in [1.29, 1.82) is 0 Å². The van der Waals surface area contributed by atoms with Crippen LogP contribution in [0.1, 0.15) is 26.5 Å². The summed E-state index contributed by atoms with van der Waals surface area (Å²) < 4.78 is 0. The molecule has 1 atom stereocenters. The third kappa shape index (κ3) is 2.84. The number of nitrogens with one attached hydrogen (secondary N) is 1. The number of rotatable bonds is 3. The highest BCUT2D eigenvalue weighted by atomic mass is 35.5. The van der Waals surface area contributed by atoms with Gasteiger partial charge in [-0.05, 0) is 33.8 Å². The number of hydrogen-bond acceptors (Lipinski definition) is 3. The third-order valence-electron chi connectivity index (χ3n) is 2.22. The Morgan fingerprint density at radius 2 is 2.14 bits per heavy atom. The van der Waals surface area contributed by atoms with Gasteiger partial charge in [-0.3, -0.25) is 0 Å². The van der Waals surface area contributed by atoms with E-state index in [-0.39, 0.29) is 10.9 Å². The van der Waals surface area contributed by atoms with Crippen molar-refractivity contribution >= 4 is 17.5 Å². The zero-order valence-corrected chi connectivity index (χ0v) is 9.76. The highest BCUT2D eigenvalue weighted by molar-refractivity contribution is 6.21. The van der Waals surface area contributed by atoms with Crippen LogP contribution in [0.2, 0.25) is 0 Å². The molecule has 1 rings (SSSR count). The zero-order chi connectivity index (χ0) is 10.8. The van der Waals surface area contributed by atoms with Crippen LogP contribution in [0.4, 0.5) is 5.95 Å². The van der Waals surface area contributed by atoms with Crippen molar-refractivity contribution in [2.24, 2.45) is 0 Å². The van der Waals surface area contributed by atoms with Crippen LogP contribution in [0.25, 0.3) is 0 Å². The topological polar surface area (TPSA) is 37.8 Å². The van der Waals surface area contributed by atoms with Crippen LogP contribution in [0, 0.1) is 6.92 Å². The Balaban J connectivity index is 2.78. The van der Waals surface area contributed by atoms with E-state index >= 15 is 0 Å². The second-order valence-corrected chi connectivity index (χ2v) is 4.64. The molecule has 78 valence electrons. The summed E-state index contributed by atoms with van der Waals surface area (Å²) in [6.07, 6.45) is 1.74. The van der Waals surface area contributed by atoms with Gasteiger partial charge in [0.15, 0.2) is 0 Å². The first-order valence-electron chi connectivity index (χ1n) is 4.64. The summed E-state index contributed by atoms with van der Waals surface area (Å²) in [6.45, 7) is 7.93. The van der Waals surface area contributed by atoms with Crippen molar-refractivity contribution < 1.29 is 0 Å². The molecule has 0 aromatic carbocycles. The van der Waals surface area contributed by atoms with E-state index in [0.29, 0.717) is 5.95 Å². The molecule has 1 heterocycles. The Labute approximate surface area is 89.9 Å². The predicted octanol–water partition coefficient (Wildman–Crippen LogP) is 2.60. The maximum Gasteiger partial charge on any atom is 0.223 e. The van der Waals surface area contributed by atoms with E-state index in [1.807, 2.05) is 33.8 Å². The quantitative estimate of drug-likeness (QED) is 0.785. The smallest absolute Gasteiger partial charge is 0.223 e. The summed E-state index contributed by atoms with van der Waals surface area (Å²) in [4.78, 5) is 8.39. The van der Waals surface area contributed by atoms with Gasteiger partial charge in [-0.15, -0.1) is 11.6 Å². The fraction of sp³-hybridized carbons (Fsp3) is 0.600. The Morgan fingerprint density at radius 3 is 2.64 bits per heavy atom. The maximum atomic E-state index is 6.04. The van der Waals surface area contributed by atoms with E-state index in [0.717, 1.165) is 5.69 Å². The Bertz CT molecular complexity index is 310. The number of alkyl halides is 1. The number of halogens is 1. The summed E-state index contributed by atoms with van der Waals surface area (Å²) in [5.41, 5.74) is 0.732. The highest BCUT2D eigenvalue weighted by Crippen LogP contribution is 2.19. The third-order valence-corrected chi connectivity index (χ3v) is 2.77. The minimum Gasteiger partial charge on any atom is -0.348 e. The lowest BCUT2D eigenvalue weighted by atomic mass is 10.0. The van der Waals surface area contributed by atoms with Crippen LogP contribution in [0.15, 0.2) is 12.3 Å². The van der Waals surface area contributed by atoms with Crippen molar-refractivity contribution in [3.8, 4) is 0 Å². The molecule has 0 aliphatic carbocycles. The van der Waals surface area contributed by atoms with Gasteiger partial charge in [0.1, 0.15) is 0 Å². The van der Waals surface area contributed by atoms with Gasteiger partial charge < -0.3 is 5.32 Å². The number of anilines is 1. The van der Waals surface area contributed by atoms with Gasteiger partial charge in [0.05, 0.1) is 10.9 Å². The monoisotopic (exact) mass is 213 g/mol. The second-order valence-electron chi connectivity index (χ2n) is 3.98. The van der Waals surface area contributed by atoms with Crippen molar-refractivity contribution in [3.05, 3.63) is 18.0 Å². The van der Waals surface area contributed by atoms with Crippen molar-refractivity contribution in [3.63, 3.8) is 0 Å². The van der Waals surface area contributed by atoms with Crippen LogP contribution >= 0.6 is 11.6 Å². The molecule has 0 aliphatic rings. The van der Waals surface area contributed by atoms with Crippen LogP contribution in [-0.2, 0) is 0 Å². The molecular weight excluding hydrogens is 198 g/mol. The van der Waals surface area contributed by atoms with Crippen molar-refractivity contribution in [2.45, 2.75) is 38.6 Å². The predicted molar refractivity (Wildman–Crippen MR) is 59.8 cm³/mol. The average Bonchev–Trinajstić information content (AvgIpc) is 2.02. The van der Waals surface area contributed by atoms with E-state index in [9.17, 15) is 0 Å². The second kappa shape index (κ2) is 4.13. The van der Waals surface area contributed by atoms with Gasteiger partial charge in [0, 0.05) is 11.9 Å². The van der Waals surface area contributed by atoms with Gasteiger partial charge in [-0.25, -0.2) is 9.97 Å². The zero-order valence-electron chi connectivity index (χ0n) is 9.00. The van der Waals surface area contributed by atoms with Crippen LogP contribution in [0.3, 0.4) is 0 Å². The largest absolute Gasteiger partial charge is 0.348 e. The number of nitrogens with zero attached hydrogens (tertiary/aromatic N) is 2. The van der Waals surface area contributed by atoms with Gasteiger partial charge in [0.25, 0.3) is 0 Å². The fourth-order valence-electron chi connectivity index (χ4n) is 0.897. The SMILES string of the molecule is Cc1ccnc(NC(C)(C)C(C)Cl)n1. The fourth-order valence-corrected chi connectivity index (χ4v) is 0.951. The number of aromatic nitrogens is 2. The molecule has 1 N–H and O–H groups in total. The van der Waals surface area contributed by atoms with E-state index in [2.05, 4.69) is 15.3 Å². The first kappa shape index (κ1) is 11.2. The van der Waals surface area contributed by atoms with Gasteiger partial charge in [0.2, 0.25) is 5.95 Å². The van der Waals surface area contributed by atoms with Crippen LogP contribution in [0.5, 0.6) is 0 Å². The van der Waals surface area contributed by atoms with Crippen LogP contribution < -0.4 is 5.32 Å². The molecule has 0 saturated heterocycles. The molecule has 0 spiro atoms. The van der Waals surface area contributed by atoms with Gasteiger partial charge in [-0.2, -0.15) is 0 Å². The van der Waals surface area contributed by atoms with Gasteiger partial charge in [-0.1, -0.05) is 0 Å². The lowest BCUT2D eigenvalue weighted by Gasteiger charge is -2.28. The molecule has 0 amide bonds. The molecule has 0 bridgehead atoms. The summed E-state index contributed by atoms with van der Waals surface area (Å²) in [5.74, 6) is 0.627. The first-order chi connectivity index (χ1) is 6.42. The Hall–Kier alpha value is -0.830. The van der Waals surface area contributed by atoms with Crippen molar-refractivity contribution in [1.82, 2.24) is 9.97 Å². The van der Waals surface area contributed by atoms with Crippen molar-refractivity contribution in [2.75, 3.05) is 5.32 Å². The summed E-state index contributed by atoms with van der Waals surface area (Å²) in [6, 6.07) is 1.86. The molecule has 14 heavy (non-hydrogen) atoms. The molecule has 0 radical (unpaired) electrons. The summed E-state index contributed by atoms with van der Waals surface area (Å²) >= 11 is 6.04. The minimum absolute atomic E-state index is 0.00612. The Morgan fingerprint density at radius 1 is 1.50 bits per heavy atom. The molecule has 0 saturated carbocycles. The molecule has 1 aromatic heterocycles. The summed E-state index contributed by atoms with van der Waals surface area (Å²) in [5, 5.41) is 3.21. The Kier molecular flexibility index (Phi) is 3.32. The minimum atomic E-state index is -0.213. The maximum absolute atomic E-state index is 6.04. The van der Waals surface area contributed by atoms with E-state index in [4.69, 9.17) is 11.6 Å². The van der Waals surface area contributed by atoms with E-state index < -0.39 is 0 Å². The van der Waals surface area contributed by atoms with Crippen LogP contribution in [-0.4, -0.2) is 20.9 Å². The lowest BCUT2D eigenvalue weighted by Crippen LogP contribution is -2.39. The molecule has 0 aliphatic heterocycles. The summed E-state index contributed by atoms with van der Waals surface area (Å²) in [7, 11) is 0. The average molecular weight is 214 g/mol. The number of hydrogen-bond donors (Lipinski definition) is 1. The normalized spacial score (nSPS) is 13.8. The standard InChI is InChI=1S/C10H16ClN3/c1-7-5-6-12-9(13-7)14-10(3,4)8(2)11/h5-6,8H,1-4H3,(H,12,13,14). The van der Waals surface area contributed by atoms with Gasteiger partial charge >= 0.3 is 0 Å². The number of aryl methyl sites for hydroxylation is 1. The first-order valence-corrected chi connectivity index (χ1v) is 5.07. The molecule has 1 aromatic rings. The molecule has 4 heteroatoms. The van der Waals surface area contributed by atoms with E-state index in [1.165, 1.54) is 0 Å². The molecule has 3 nitrogen and oxygen atoms in total. The van der Waals surface area contributed by atoms with E-state index in [1.54, 1.807) is 6.20 Å². The highest BCUT2D eigenvalue weighted by Gasteiger charge is 2.24. The molecular formula is C10H16ClN3. The molecule has 1 unspecified atom stereocenters. The lowest BCUT2D eigenvalue weighted by molar-refractivity contribution is 0.549.